The van der Waals surface area contributed by atoms with E-state index in [9.17, 15) is 4.79 Å². The number of nitrogens with zero attached hydrogens (tertiary/aromatic N) is 1. The average Bonchev–Trinajstić information content (AvgIpc) is 2.45. The standard InChI is InChI=1S/C14H22N2O3/c1-16(14(17)4-3-9-15)10-11-19-13-7-5-12(18-2)6-8-13/h5-8H,3-4,9-11,15H2,1-2H3. The molecule has 0 radical (unpaired) electrons. The zero-order valence-corrected chi connectivity index (χ0v) is 11.6. The van der Waals surface area contributed by atoms with Crippen LogP contribution in [0.3, 0.4) is 0 Å². The summed E-state index contributed by atoms with van der Waals surface area (Å²) in [6.45, 7) is 1.58. The Balaban J connectivity index is 2.26. The van der Waals surface area contributed by atoms with Crippen molar-refractivity contribution in [3.63, 3.8) is 0 Å². The molecule has 0 fully saturated rings. The maximum Gasteiger partial charge on any atom is 0.222 e. The molecule has 0 spiro atoms. The van der Waals surface area contributed by atoms with E-state index in [0.29, 0.717) is 26.1 Å². The monoisotopic (exact) mass is 266 g/mol. The number of rotatable bonds is 8. The van der Waals surface area contributed by atoms with Crippen LogP contribution in [0.5, 0.6) is 11.5 Å². The first-order chi connectivity index (χ1) is 9.17. The number of hydrogen-bond acceptors (Lipinski definition) is 4. The summed E-state index contributed by atoms with van der Waals surface area (Å²) in [5, 5.41) is 0. The molecule has 0 heterocycles. The predicted octanol–water partition coefficient (Wildman–Crippen LogP) is 1.27. The van der Waals surface area contributed by atoms with E-state index in [-0.39, 0.29) is 5.91 Å². The van der Waals surface area contributed by atoms with Crippen LogP contribution < -0.4 is 15.2 Å². The maximum absolute atomic E-state index is 11.6. The second kappa shape index (κ2) is 8.37. The SMILES string of the molecule is COc1ccc(OCCN(C)C(=O)CCCN)cc1. The van der Waals surface area contributed by atoms with Crippen LogP contribution in [0.4, 0.5) is 0 Å². The largest absolute Gasteiger partial charge is 0.497 e. The van der Waals surface area contributed by atoms with E-state index in [1.807, 2.05) is 24.3 Å². The lowest BCUT2D eigenvalue weighted by Crippen LogP contribution is -2.31. The number of ether oxygens (including phenoxy) is 2. The Morgan fingerprint density at radius 3 is 2.47 bits per heavy atom. The molecule has 19 heavy (non-hydrogen) atoms. The zero-order valence-electron chi connectivity index (χ0n) is 11.6. The topological polar surface area (TPSA) is 64.8 Å². The number of hydrogen-bond donors (Lipinski definition) is 1. The molecule has 1 rings (SSSR count). The molecule has 5 nitrogen and oxygen atoms in total. The van der Waals surface area contributed by atoms with Crippen LogP contribution in [0.25, 0.3) is 0 Å². The lowest BCUT2D eigenvalue weighted by atomic mass is 10.3. The van der Waals surface area contributed by atoms with Gasteiger partial charge in [0.15, 0.2) is 0 Å². The van der Waals surface area contributed by atoms with Crippen molar-refractivity contribution in [1.29, 1.82) is 0 Å². The van der Waals surface area contributed by atoms with E-state index in [1.165, 1.54) is 0 Å². The Labute approximate surface area is 114 Å². The first-order valence-electron chi connectivity index (χ1n) is 6.38. The van der Waals surface area contributed by atoms with Gasteiger partial charge in [-0.2, -0.15) is 0 Å². The van der Waals surface area contributed by atoms with E-state index in [0.717, 1.165) is 17.9 Å². The van der Waals surface area contributed by atoms with Crippen LogP contribution in [0, 0.1) is 0 Å². The highest BCUT2D eigenvalue weighted by Gasteiger charge is 2.07. The minimum Gasteiger partial charge on any atom is -0.497 e. The average molecular weight is 266 g/mol. The molecule has 0 aromatic heterocycles. The molecule has 0 unspecified atom stereocenters. The Bertz CT molecular complexity index is 379. The van der Waals surface area contributed by atoms with E-state index in [2.05, 4.69) is 0 Å². The third kappa shape index (κ3) is 5.61. The van der Waals surface area contributed by atoms with Crippen LogP contribution in [0.1, 0.15) is 12.8 Å². The van der Waals surface area contributed by atoms with Crippen molar-refractivity contribution in [3.05, 3.63) is 24.3 Å². The number of benzene rings is 1. The molecule has 106 valence electrons. The normalized spacial score (nSPS) is 10.1. The molecule has 1 aromatic rings. The molecule has 0 saturated carbocycles. The maximum atomic E-state index is 11.6. The van der Waals surface area contributed by atoms with Crippen LogP contribution in [0.15, 0.2) is 24.3 Å². The highest BCUT2D eigenvalue weighted by atomic mass is 16.5. The molecule has 1 amide bonds. The van der Waals surface area contributed by atoms with Crippen LogP contribution in [-0.4, -0.2) is 44.7 Å². The van der Waals surface area contributed by atoms with Gasteiger partial charge in [-0.05, 0) is 37.2 Å². The van der Waals surface area contributed by atoms with Gasteiger partial charge in [-0.1, -0.05) is 0 Å². The van der Waals surface area contributed by atoms with Gasteiger partial charge in [-0.3, -0.25) is 4.79 Å². The molecule has 0 aliphatic carbocycles. The Morgan fingerprint density at radius 2 is 1.89 bits per heavy atom. The zero-order chi connectivity index (χ0) is 14.1. The Kier molecular flexibility index (Phi) is 6.74. The van der Waals surface area contributed by atoms with Crippen molar-refractivity contribution < 1.29 is 14.3 Å². The molecule has 5 heteroatoms. The van der Waals surface area contributed by atoms with Gasteiger partial charge in [0, 0.05) is 13.5 Å². The van der Waals surface area contributed by atoms with Crippen molar-refractivity contribution >= 4 is 5.91 Å². The Hall–Kier alpha value is -1.75. The molecule has 0 bridgehead atoms. The Morgan fingerprint density at radius 1 is 1.26 bits per heavy atom. The van der Waals surface area contributed by atoms with Gasteiger partial charge in [-0.25, -0.2) is 0 Å². The van der Waals surface area contributed by atoms with Gasteiger partial charge in [0.25, 0.3) is 0 Å². The number of carbonyl (C=O) groups is 1. The third-order valence-electron chi connectivity index (χ3n) is 2.78. The molecule has 2 N–H and O–H groups in total. The summed E-state index contributed by atoms with van der Waals surface area (Å²) in [5.41, 5.74) is 5.37. The van der Waals surface area contributed by atoms with E-state index >= 15 is 0 Å². The summed E-state index contributed by atoms with van der Waals surface area (Å²) in [4.78, 5) is 13.3. The van der Waals surface area contributed by atoms with Crippen LogP contribution in [-0.2, 0) is 4.79 Å². The van der Waals surface area contributed by atoms with E-state index in [1.54, 1.807) is 19.1 Å². The number of methoxy groups -OCH3 is 1. The summed E-state index contributed by atoms with van der Waals surface area (Å²) in [6.07, 6.45) is 1.22. The van der Waals surface area contributed by atoms with Crippen LogP contribution >= 0.6 is 0 Å². The van der Waals surface area contributed by atoms with E-state index in [4.69, 9.17) is 15.2 Å². The highest BCUT2D eigenvalue weighted by molar-refractivity contribution is 5.75. The fraction of sp³-hybridized carbons (Fsp3) is 0.500. The predicted molar refractivity (Wildman–Crippen MR) is 74.4 cm³/mol. The number of nitrogens with two attached hydrogens (primary N) is 1. The number of carbonyl (C=O) groups excluding carboxylic acids is 1. The third-order valence-corrected chi connectivity index (χ3v) is 2.78. The molecule has 1 aromatic carbocycles. The molecule has 0 saturated heterocycles. The van der Waals surface area contributed by atoms with Crippen molar-refractivity contribution in [2.24, 2.45) is 5.73 Å². The molecule has 0 atom stereocenters. The van der Waals surface area contributed by atoms with Gasteiger partial charge in [0.1, 0.15) is 18.1 Å². The molecular weight excluding hydrogens is 244 g/mol. The van der Waals surface area contributed by atoms with Crippen LogP contribution in [0.2, 0.25) is 0 Å². The lowest BCUT2D eigenvalue weighted by Gasteiger charge is -2.17. The minimum atomic E-state index is 0.101. The summed E-state index contributed by atoms with van der Waals surface area (Å²) in [6, 6.07) is 7.36. The summed E-state index contributed by atoms with van der Waals surface area (Å²) in [7, 11) is 3.40. The van der Waals surface area contributed by atoms with Crippen molar-refractivity contribution in [2.75, 3.05) is 33.9 Å². The van der Waals surface area contributed by atoms with Gasteiger partial charge in [-0.15, -0.1) is 0 Å². The van der Waals surface area contributed by atoms with Crippen molar-refractivity contribution in [2.45, 2.75) is 12.8 Å². The first-order valence-corrected chi connectivity index (χ1v) is 6.38. The van der Waals surface area contributed by atoms with Crippen molar-refractivity contribution in [1.82, 2.24) is 4.90 Å². The summed E-state index contributed by atoms with van der Waals surface area (Å²) < 4.78 is 10.6. The first kappa shape index (κ1) is 15.3. The molecular formula is C14H22N2O3. The second-order valence-corrected chi connectivity index (χ2v) is 4.23. The van der Waals surface area contributed by atoms with Gasteiger partial charge >= 0.3 is 0 Å². The number of likely N-dealkylation sites (N-methyl/N-ethyl adjacent to an activating group) is 1. The lowest BCUT2D eigenvalue weighted by molar-refractivity contribution is -0.130. The highest BCUT2D eigenvalue weighted by Crippen LogP contribution is 2.16. The minimum absolute atomic E-state index is 0.101. The van der Waals surface area contributed by atoms with Gasteiger partial charge < -0.3 is 20.1 Å². The fourth-order valence-electron chi connectivity index (χ4n) is 1.54. The summed E-state index contributed by atoms with van der Waals surface area (Å²) >= 11 is 0. The summed E-state index contributed by atoms with van der Waals surface area (Å²) in [5.74, 6) is 1.66. The quantitative estimate of drug-likeness (QED) is 0.769. The van der Waals surface area contributed by atoms with Gasteiger partial charge in [0.2, 0.25) is 5.91 Å². The van der Waals surface area contributed by atoms with Gasteiger partial charge in [0.05, 0.1) is 13.7 Å². The number of amides is 1. The smallest absolute Gasteiger partial charge is 0.222 e. The van der Waals surface area contributed by atoms with Crippen molar-refractivity contribution in [3.8, 4) is 11.5 Å². The second-order valence-electron chi connectivity index (χ2n) is 4.23. The fourth-order valence-corrected chi connectivity index (χ4v) is 1.54. The van der Waals surface area contributed by atoms with E-state index < -0.39 is 0 Å². The molecule has 0 aliphatic heterocycles. The molecule has 0 aliphatic rings.